The van der Waals surface area contributed by atoms with Gasteiger partial charge in [-0.1, -0.05) is 12.1 Å². The summed E-state index contributed by atoms with van der Waals surface area (Å²) in [6.45, 7) is 8.95. The number of ether oxygens (including phenoxy) is 2. The fraction of sp³-hybridized carbons (Fsp3) is 0.450. The minimum absolute atomic E-state index is 0.0178. The molecule has 0 bridgehead atoms. The van der Waals surface area contributed by atoms with Gasteiger partial charge in [0.2, 0.25) is 11.8 Å². The molecule has 7 heteroatoms. The lowest BCUT2D eigenvalue weighted by molar-refractivity contribution is -0.119. The monoisotopic (exact) mass is 370 g/mol. The van der Waals surface area contributed by atoms with Gasteiger partial charge in [-0.2, -0.15) is 0 Å². The van der Waals surface area contributed by atoms with E-state index >= 15 is 0 Å². The normalized spacial score (nSPS) is 15.2. The van der Waals surface area contributed by atoms with Crippen molar-refractivity contribution in [3.63, 3.8) is 0 Å². The molecule has 0 aliphatic carbocycles. The molecular formula is C20H26N4O3. The van der Waals surface area contributed by atoms with Gasteiger partial charge in [0.1, 0.15) is 24.0 Å². The van der Waals surface area contributed by atoms with Crippen LogP contribution in [0.25, 0.3) is 0 Å². The van der Waals surface area contributed by atoms with Crippen LogP contribution < -0.4 is 19.7 Å². The number of hydrogen-bond acceptors (Lipinski definition) is 6. The summed E-state index contributed by atoms with van der Waals surface area (Å²) in [6, 6.07) is 9.67. The first-order valence-corrected chi connectivity index (χ1v) is 9.18. The summed E-state index contributed by atoms with van der Waals surface area (Å²) in [6.07, 6.45) is 1.72. The lowest BCUT2D eigenvalue weighted by atomic mass is 10.1. The van der Waals surface area contributed by atoms with Gasteiger partial charge in [0.25, 0.3) is 0 Å². The van der Waals surface area contributed by atoms with Crippen LogP contribution in [0.15, 0.2) is 36.7 Å². The first-order valence-electron chi connectivity index (χ1n) is 9.18. The Balaban J connectivity index is 1.51. The Labute approximate surface area is 159 Å². The Bertz CT molecular complexity index is 773. The highest BCUT2D eigenvalue weighted by Crippen LogP contribution is 2.25. The number of anilines is 1. The van der Waals surface area contributed by atoms with Crippen LogP contribution in [0, 0.1) is 0 Å². The molecule has 3 rings (SSSR count). The van der Waals surface area contributed by atoms with Crippen molar-refractivity contribution in [1.82, 2.24) is 15.3 Å². The maximum absolute atomic E-state index is 11.2. The summed E-state index contributed by atoms with van der Waals surface area (Å²) in [5.41, 5.74) is 1.05. The third-order valence-corrected chi connectivity index (χ3v) is 4.26. The van der Waals surface area contributed by atoms with Crippen molar-refractivity contribution in [3.05, 3.63) is 42.2 Å². The zero-order valence-corrected chi connectivity index (χ0v) is 16.2. The maximum atomic E-state index is 11.2. The van der Waals surface area contributed by atoms with Gasteiger partial charge in [0.15, 0.2) is 0 Å². The predicted octanol–water partition coefficient (Wildman–Crippen LogP) is 2.73. The van der Waals surface area contributed by atoms with Crippen molar-refractivity contribution >= 4 is 11.7 Å². The first-order chi connectivity index (χ1) is 12.9. The Morgan fingerprint density at radius 1 is 1.19 bits per heavy atom. The number of aromatic nitrogens is 2. The molecule has 1 saturated heterocycles. The zero-order valence-electron chi connectivity index (χ0n) is 16.2. The molecule has 27 heavy (non-hydrogen) atoms. The number of amides is 1. The van der Waals surface area contributed by atoms with Crippen LogP contribution in [0.4, 0.5) is 5.82 Å². The van der Waals surface area contributed by atoms with E-state index in [0.717, 1.165) is 30.2 Å². The Morgan fingerprint density at radius 2 is 1.89 bits per heavy atom. The Hall–Kier alpha value is -2.83. The SMILES string of the molecule is CC(=O)NC(C)c1ccc(OC2CN(c3cc(OC(C)C)ncn3)C2)cc1. The summed E-state index contributed by atoms with van der Waals surface area (Å²) in [4.78, 5) is 21.7. The van der Waals surface area contributed by atoms with Crippen LogP contribution in [0.2, 0.25) is 0 Å². The van der Waals surface area contributed by atoms with Crippen LogP contribution in [-0.2, 0) is 4.79 Å². The van der Waals surface area contributed by atoms with E-state index in [9.17, 15) is 4.79 Å². The lowest BCUT2D eigenvalue weighted by Crippen LogP contribution is -2.54. The zero-order chi connectivity index (χ0) is 19.4. The molecule has 1 aliphatic heterocycles. The summed E-state index contributed by atoms with van der Waals surface area (Å²) >= 11 is 0. The Morgan fingerprint density at radius 3 is 2.52 bits per heavy atom. The summed E-state index contributed by atoms with van der Waals surface area (Å²) < 4.78 is 11.6. The highest BCUT2D eigenvalue weighted by molar-refractivity contribution is 5.73. The van der Waals surface area contributed by atoms with Crippen LogP contribution in [0.1, 0.15) is 39.3 Å². The lowest BCUT2D eigenvalue weighted by Gasteiger charge is -2.39. The average molecular weight is 370 g/mol. The number of nitrogens with zero attached hydrogens (tertiary/aromatic N) is 3. The molecule has 1 amide bonds. The predicted molar refractivity (Wildman–Crippen MR) is 103 cm³/mol. The molecule has 2 heterocycles. The van der Waals surface area contributed by atoms with E-state index in [1.807, 2.05) is 51.1 Å². The molecule has 1 unspecified atom stereocenters. The van der Waals surface area contributed by atoms with Crippen molar-refractivity contribution < 1.29 is 14.3 Å². The van der Waals surface area contributed by atoms with Crippen LogP contribution in [0.3, 0.4) is 0 Å². The van der Waals surface area contributed by atoms with Crippen molar-refractivity contribution in [2.75, 3.05) is 18.0 Å². The quantitative estimate of drug-likeness (QED) is 0.808. The van der Waals surface area contributed by atoms with E-state index in [0.29, 0.717) is 5.88 Å². The van der Waals surface area contributed by atoms with Crippen molar-refractivity contribution in [2.24, 2.45) is 0 Å². The molecule has 1 aliphatic rings. The molecule has 0 saturated carbocycles. The maximum Gasteiger partial charge on any atom is 0.218 e. The number of nitrogens with one attached hydrogen (secondary N) is 1. The Kier molecular flexibility index (Phi) is 5.78. The van der Waals surface area contributed by atoms with Gasteiger partial charge in [0.05, 0.1) is 25.2 Å². The largest absolute Gasteiger partial charge is 0.487 e. The number of benzene rings is 1. The second-order valence-electron chi connectivity index (χ2n) is 7.02. The summed E-state index contributed by atoms with van der Waals surface area (Å²) in [7, 11) is 0. The van der Waals surface area contributed by atoms with Gasteiger partial charge in [0, 0.05) is 13.0 Å². The third kappa shape index (κ3) is 5.09. The fourth-order valence-electron chi connectivity index (χ4n) is 2.92. The smallest absolute Gasteiger partial charge is 0.218 e. The second kappa shape index (κ2) is 8.24. The molecule has 0 spiro atoms. The summed E-state index contributed by atoms with van der Waals surface area (Å²) in [5, 5.41) is 2.87. The van der Waals surface area contributed by atoms with E-state index < -0.39 is 0 Å². The standard InChI is InChI=1S/C20H26N4O3/c1-13(2)26-20-9-19(21-12-22-20)24-10-18(11-24)27-17-7-5-16(6-8-17)14(3)23-15(4)25/h5-9,12-14,18H,10-11H2,1-4H3,(H,23,25). The van der Waals surface area contributed by atoms with Gasteiger partial charge in [-0.25, -0.2) is 9.97 Å². The second-order valence-corrected chi connectivity index (χ2v) is 7.02. The van der Waals surface area contributed by atoms with Gasteiger partial charge >= 0.3 is 0 Å². The van der Waals surface area contributed by atoms with E-state index in [-0.39, 0.29) is 24.2 Å². The third-order valence-electron chi connectivity index (χ3n) is 4.26. The highest BCUT2D eigenvalue weighted by atomic mass is 16.5. The minimum atomic E-state index is -0.0379. The van der Waals surface area contributed by atoms with Gasteiger partial charge in [-0.05, 0) is 38.5 Å². The molecule has 144 valence electrons. The van der Waals surface area contributed by atoms with Crippen LogP contribution in [-0.4, -0.2) is 41.2 Å². The molecule has 1 atom stereocenters. The van der Waals surface area contributed by atoms with Crippen molar-refractivity contribution in [2.45, 2.75) is 45.9 Å². The van der Waals surface area contributed by atoms with Crippen LogP contribution in [0.5, 0.6) is 11.6 Å². The van der Waals surface area contributed by atoms with E-state index in [1.165, 1.54) is 13.3 Å². The van der Waals surface area contributed by atoms with E-state index in [1.54, 1.807) is 0 Å². The highest BCUT2D eigenvalue weighted by Gasteiger charge is 2.30. The van der Waals surface area contributed by atoms with Crippen molar-refractivity contribution in [3.8, 4) is 11.6 Å². The number of carbonyl (C=O) groups is 1. The topological polar surface area (TPSA) is 76.6 Å². The average Bonchev–Trinajstić information content (AvgIpc) is 2.57. The molecule has 1 aromatic carbocycles. The van der Waals surface area contributed by atoms with E-state index in [2.05, 4.69) is 20.2 Å². The first kappa shape index (κ1) is 18.9. The number of carbonyl (C=O) groups excluding carboxylic acids is 1. The molecule has 1 N–H and O–H groups in total. The van der Waals surface area contributed by atoms with E-state index in [4.69, 9.17) is 9.47 Å². The van der Waals surface area contributed by atoms with Crippen LogP contribution >= 0.6 is 0 Å². The molecule has 2 aromatic rings. The number of rotatable bonds is 7. The fourth-order valence-corrected chi connectivity index (χ4v) is 2.92. The molecule has 0 radical (unpaired) electrons. The molecule has 1 aromatic heterocycles. The van der Waals surface area contributed by atoms with Gasteiger partial charge in [-0.3, -0.25) is 4.79 Å². The van der Waals surface area contributed by atoms with Crippen molar-refractivity contribution in [1.29, 1.82) is 0 Å². The molecule has 7 nitrogen and oxygen atoms in total. The van der Waals surface area contributed by atoms with Gasteiger partial charge in [-0.15, -0.1) is 0 Å². The summed E-state index contributed by atoms with van der Waals surface area (Å²) in [5.74, 6) is 2.22. The molecule has 1 fully saturated rings. The minimum Gasteiger partial charge on any atom is -0.487 e. The van der Waals surface area contributed by atoms with Gasteiger partial charge < -0.3 is 19.7 Å². The number of hydrogen-bond donors (Lipinski definition) is 1. The molecular weight excluding hydrogens is 344 g/mol.